The van der Waals surface area contributed by atoms with Gasteiger partial charge in [0.25, 0.3) is 0 Å². The van der Waals surface area contributed by atoms with Crippen LogP contribution >= 0.6 is 0 Å². The molecule has 1 heterocycles. The van der Waals surface area contributed by atoms with E-state index in [-0.39, 0.29) is 11.8 Å². The van der Waals surface area contributed by atoms with E-state index in [0.29, 0.717) is 6.42 Å². The molecular formula is C14H19N3O. The fourth-order valence-corrected chi connectivity index (χ4v) is 2.24. The van der Waals surface area contributed by atoms with E-state index in [1.807, 2.05) is 28.9 Å². The lowest BCUT2D eigenvalue weighted by Gasteiger charge is -2.16. The Morgan fingerprint density at radius 3 is 2.89 bits per heavy atom. The average Bonchev–Trinajstić information content (AvgIpc) is 2.78. The molecule has 0 aliphatic rings. The molecule has 0 saturated carbocycles. The number of para-hydroxylation sites is 1. The number of unbranched alkanes of at least 4 members (excludes halogenated alkanes) is 1. The van der Waals surface area contributed by atoms with Crippen molar-refractivity contribution in [1.82, 2.24) is 15.0 Å². The molecule has 4 heteroatoms. The molecule has 0 unspecified atom stereocenters. The Morgan fingerprint density at radius 2 is 2.17 bits per heavy atom. The van der Waals surface area contributed by atoms with Crippen molar-refractivity contribution in [2.75, 3.05) is 0 Å². The fourth-order valence-electron chi connectivity index (χ4n) is 2.24. The van der Waals surface area contributed by atoms with E-state index in [1.54, 1.807) is 6.92 Å². The van der Waals surface area contributed by atoms with Crippen molar-refractivity contribution in [2.24, 2.45) is 0 Å². The zero-order chi connectivity index (χ0) is 13.0. The summed E-state index contributed by atoms with van der Waals surface area (Å²) in [5.41, 5.74) is 1.91. The second kappa shape index (κ2) is 5.76. The van der Waals surface area contributed by atoms with E-state index >= 15 is 0 Å². The number of Topliss-reactive ketones (excluding diaryl/α,β-unsaturated/α-hetero) is 1. The smallest absolute Gasteiger partial charge is 0.131 e. The van der Waals surface area contributed by atoms with Crippen molar-refractivity contribution in [1.29, 1.82) is 0 Å². The Kier molecular flexibility index (Phi) is 4.07. The summed E-state index contributed by atoms with van der Waals surface area (Å²) >= 11 is 0. The molecule has 0 saturated heterocycles. The Balaban J connectivity index is 2.31. The molecule has 0 aliphatic carbocycles. The summed E-state index contributed by atoms with van der Waals surface area (Å²) in [6, 6.07) is 8.02. The van der Waals surface area contributed by atoms with Gasteiger partial charge < -0.3 is 0 Å². The van der Waals surface area contributed by atoms with Gasteiger partial charge in [0, 0.05) is 6.42 Å². The molecule has 96 valence electrons. The topological polar surface area (TPSA) is 47.8 Å². The van der Waals surface area contributed by atoms with Crippen LogP contribution in [0.5, 0.6) is 0 Å². The first-order valence-corrected chi connectivity index (χ1v) is 6.51. The molecule has 1 aromatic carbocycles. The summed E-state index contributed by atoms with van der Waals surface area (Å²) in [5, 5.41) is 8.37. The van der Waals surface area contributed by atoms with Gasteiger partial charge in [-0.3, -0.25) is 4.79 Å². The number of nitrogens with zero attached hydrogens (tertiary/aromatic N) is 3. The molecule has 0 amide bonds. The van der Waals surface area contributed by atoms with Gasteiger partial charge in [0.2, 0.25) is 0 Å². The van der Waals surface area contributed by atoms with Gasteiger partial charge in [0.15, 0.2) is 0 Å². The van der Waals surface area contributed by atoms with E-state index in [0.717, 1.165) is 30.3 Å². The maximum atomic E-state index is 11.4. The van der Waals surface area contributed by atoms with Crippen LogP contribution in [0.3, 0.4) is 0 Å². The zero-order valence-corrected chi connectivity index (χ0v) is 11.0. The molecule has 0 radical (unpaired) electrons. The largest absolute Gasteiger partial charge is 0.300 e. The van der Waals surface area contributed by atoms with Gasteiger partial charge in [-0.25, -0.2) is 4.68 Å². The van der Waals surface area contributed by atoms with Gasteiger partial charge in [-0.1, -0.05) is 37.1 Å². The molecule has 1 aromatic heterocycles. The van der Waals surface area contributed by atoms with Crippen LogP contribution < -0.4 is 0 Å². The number of benzene rings is 1. The number of carbonyl (C=O) groups excluding carboxylic acids is 1. The Labute approximate surface area is 107 Å². The number of carbonyl (C=O) groups is 1. The Bertz CT molecular complexity index is 533. The van der Waals surface area contributed by atoms with E-state index in [2.05, 4.69) is 17.2 Å². The van der Waals surface area contributed by atoms with Crippen molar-refractivity contribution < 1.29 is 4.79 Å². The monoisotopic (exact) mass is 245 g/mol. The number of hydrogen-bond donors (Lipinski definition) is 0. The quantitative estimate of drug-likeness (QED) is 0.785. The molecule has 0 fully saturated rings. The number of hydrogen-bond acceptors (Lipinski definition) is 3. The van der Waals surface area contributed by atoms with E-state index in [1.165, 1.54) is 0 Å². The summed E-state index contributed by atoms with van der Waals surface area (Å²) in [7, 11) is 0. The molecule has 18 heavy (non-hydrogen) atoms. The third kappa shape index (κ3) is 2.75. The van der Waals surface area contributed by atoms with Gasteiger partial charge in [-0.2, -0.15) is 0 Å². The normalized spacial score (nSPS) is 12.8. The van der Waals surface area contributed by atoms with Crippen LogP contribution in [0.4, 0.5) is 0 Å². The molecule has 2 aromatic rings. The molecular weight excluding hydrogens is 226 g/mol. The van der Waals surface area contributed by atoms with Gasteiger partial charge in [0.1, 0.15) is 11.3 Å². The Hall–Kier alpha value is -1.71. The van der Waals surface area contributed by atoms with Crippen molar-refractivity contribution in [3.8, 4) is 0 Å². The second-order valence-electron chi connectivity index (χ2n) is 4.72. The average molecular weight is 245 g/mol. The lowest BCUT2D eigenvalue weighted by Crippen LogP contribution is -2.14. The number of fused-ring (bicyclic) bond motifs is 1. The maximum Gasteiger partial charge on any atom is 0.131 e. The molecule has 0 bridgehead atoms. The van der Waals surface area contributed by atoms with Crippen LogP contribution in [-0.2, 0) is 4.79 Å². The third-order valence-corrected chi connectivity index (χ3v) is 3.14. The summed E-state index contributed by atoms with van der Waals surface area (Å²) in [6.45, 7) is 3.79. The van der Waals surface area contributed by atoms with Crippen molar-refractivity contribution in [3.63, 3.8) is 0 Å². The molecule has 0 aliphatic heterocycles. The highest BCUT2D eigenvalue weighted by atomic mass is 16.1. The van der Waals surface area contributed by atoms with Gasteiger partial charge in [0.05, 0.1) is 11.6 Å². The first-order valence-electron chi connectivity index (χ1n) is 6.51. The van der Waals surface area contributed by atoms with Crippen LogP contribution in [0, 0.1) is 0 Å². The van der Waals surface area contributed by atoms with Gasteiger partial charge >= 0.3 is 0 Å². The van der Waals surface area contributed by atoms with Gasteiger partial charge in [-0.05, 0) is 25.5 Å². The van der Waals surface area contributed by atoms with E-state index in [9.17, 15) is 4.79 Å². The van der Waals surface area contributed by atoms with E-state index in [4.69, 9.17) is 0 Å². The molecule has 0 spiro atoms. The molecule has 4 nitrogen and oxygen atoms in total. The molecule has 1 atom stereocenters. The SMILES string of the molecule is CCCC[C@@H](CC(C)=O)n1nnc2ccccc21. The van der Waals surface area contributed by atoms with Crippen LogP contribution in [0.1, 0.15) is 45.6 Å². The highest BCUT2D eigenvalue weighted by Crippen LogP contribution is 2.23. The second-order valence-corrected chi connectivity index (χ2v) is 4.72. The molecule has 2 rings (SSSR count). The fraction of sp³-hybridized carbons (Fsp3) is 0.500. The summed E-state index contributed by atoms with van der Waals surface area (Å²) in [5.74, 6) is 0.204. The van der Waals surface area contributed by atoms with Crippen LogP contribution in [-0.4, -0.2) is 20.8 Å². The number of aromatic nitrogens is 3. The zero-order valence-electron chi connectivity index (χ0n) is 11.0. The predicted octanol–water partition coefficient (Wildman–Crippen LogP) is 3.14. The molecule has 0 N–H and O–H groups in total. The number of rotatable bonds is 6. The van der Waals surface area contributed by atoms with E-state index < -0.39 is 0 Å². The first kappa shape index (κ1) is 12.7. The van der Waals surface area contributed by atoms with Crippen molar-refractivity contribution in [2.45, 2.75) is 45.6 Å². The van der Waals surface area contributed by atoms with Crippen LogP contribution in [0.25, 0.3) is 11.0 Å². The minimum absolute atomic E-state index is 0.134. The lowest BCUT2D eigenvalue weighted by molar-refractivity contribution is -0.117. The standard InChI is InChI=1S/C14H19N3O/c1-3-4-7-12(10-11(2)18)17-14-9-6-5-8-13(14)15-16-17/h5-6,8-9,12H,3-4,7,10H2,1-2H3/t12-/m0/s1. The highest BCUT2D eigenvalue weighted by molar-refractivity contribution is 5.77. The predicted molar refractivity (Wildman–Crippen MR) is 71.4 cm³/mol. The van der Waals surface area contributed by atoms with Gasteiger partial charge in [-0.15, -0.1) is 5.10 Å². The van der Waals surface area contributed by atoms with Crippen molar-refractivity contribution in [3.05, 3.63) is 24.3 Å². The summed E-state index contributed by atoms with van der Waals surface area (Å²) < 4.78 is 1.91. The maximum absolute atomic E-state index is 11.4. The third-order valence-electron chi connectivity index (χ3n) is 3.14. The number of ketones is 1. The van der Waals surface area contributed by atoms with Crippen LogP contribution in [0.15, 0.2) is 24.3 Å². The summed E-state index contributed by atoms with van der Waals surface area (Å²) in [6.07, 6.45) is 3.74. The van der Waals surface area contributed by atoms with Crippen molar-refractivity contribution >= 4 is 16.8 Å². The minimum atomic E-state index is 0.134. The minimum Gasteiger partial charge on any atom is -0.300 e. The van der Waals surface area contributed by atoms with Crippen LogP contribution in [0.2, 0.25) is 0 Å². The summed E-state index contributed by atoms with van der Waals surface area (Å²) in [4.78, 5) is 11.4. The first-order chi connectivity index (χ1) is 8.72. The lowest BCUT2D eigenvalue weighted by atomic mass is 10.0. The highest BCUT2D eigenvalue weighted by Gasteiger charge is 2.16. The Morgan fingerprint density at radius 1 is 1.39 bits per heavy atom.